The van der Waals surface area contributed by atoms with E-state index in [1.54, 1.807) is 6.08 Å². The molecule has 0 radical (unpaired) electrons. The van der Waals surface area contributed by atoms with Crippen molar-refractivity contribution in [1.82, 2.24) is 0 Å². The Morgan fingerprint density at radius 2 is 2.14 bits per heavy atom. The smallest absolute Gasteiger partial charge is 0.143 e. The molecular formula is C13H18O. The number of allylic oxidation sites excluding steroid dienone is 4. The number of rotatable bonds is 3. The third kappa shape index (κ3) is 1.97. The van der Waals surface area contributed by atoms with Crippen LogP contribution in [-0.4, -0.2) is 6.29 Å². The van der Waals surface area contributed by atoms with Crippen LogP contribution in [0.2, 0.25) is 0 Å². The van der Waals surface area contributed by atoms with Crippen LogP contribution in [0.5, 0.6) is 0 Å². The van der Waals surface area contributed by atoms with E-state index in [9.17, 15) is 4.79 Å². The Bertz CT molecular complexity index is 275. The summed E-state index contributed by atoms with van der Waals surface area (Å²) in [5.74, 6) is 2.74. The molecule has 0 spiro atoms. The van der Waals surface area contributed by atoms with Gasteiger partial charge in [-0.05, 0) is 55.6 Å². The van der Waals surface area contributed by atoms with Crippen LogP contribution in [0.1, 0.15) is 32.6 Å². The molecule has 2 saturated carbocycles. The Labute approximate surface area is 85.9 Å². The van der Waals surface area contributed by atoms with E-state index in [1.807, 2.05) is 6.92 Å². The molecule has 2 aliphatic carbocycles. The third-order valence-electron chi connectivity index (χ3n) is 3.73. The molecular weight excluding hydrogens is 172 g/mol. The highest BCUT2D eigenvalue weighted by molar-refractivity contribution is 5.66. The molecule has 0 aromatic carbocycles. The number of fused-ring (bicyclic) bond motifs is 2. The molecule has 0 aliphatic heterocycles. The Balaban J connectivity index is 1.92. The maximum Gasteiger partial charge on any atom is 0.143 e. The second kappa shape index (κ2) is 4.12. The maximum atomic E-state index is 10.2. The molecule has 14 heavy (non-hydrogen) atoms. The molecule has 0 saturated heterocycles. The SMILES string of the molecule is CC(=C/C=O)/C=C/[C@H]1C[C@@H]2CC[C@H]1C2. The van der Waals surface area contributed by atoms with Gasteiger partial charge in [0.25, 0.3) is 0 Å². The van der Waals surface area contributed by atoms with Crippen LogP contribution in [-0.2, 0) is 4.79 Å². The van der Waals surface area contributed by atoms with Gasteiger partial charge in [-0.15, -0.1) is 0 Å². The normalized spacial score (nSPS) is 36.9. The second-order valence-electron chi connectivity index (χ2n) is 4.74. The fraction of sp³-hybridized carbons (Fsp3) is 0.615. The first-order chi connectivity index (χ1) is 6.79. The van der Waals surface area contributed by atoms with Gasteiger partial charge in [-0.3, -0.25) is 4.79 Å². The van der Waals surface area contributed by atoms with Gasteiger partial charge in [0.15, 0.2) is 0 Å². The van der Waals surface area contributed by atoms with Crippen molar-refractivity contribution in [2.24, 2.45) is 17.8 Å². The summed E-state index contributed by atoms with van der Waals surface area (Å²) in [7, 11) is 0. The monoisotopic (exact) mass is 190 g/mol. The minimum Gasteiger partial charge on any atom is -0.299 e. The van der Waals surface area contributed by atoms with E-state index in [-0.39, 0.29) is 0 Å². The van der Waals surface area contributed by atoms with Crippen molar-refractivity contribution < 1.29 is 4.79 Å². The zero-order valence-corrected chi connectivity index (χ0v) is 8.78. The predicted molar refractivity (Wildman–Crippen MR) is 57.9 cm³/mol. The van der Waals surface area contributed by atoms with Gasteiger partial charge < -0.3 is 0 Å². The number of aldehydes is 1. The number of hydrogen-bond acceptors (Lipinski definition) is 1. The lowest BCUT2D eigenvalue weighted by molar-refractivity contribution is -0.104. The van der Waals surface area contributed by atoms with Crippen molar-refractivity contribution in [3.05, 3.63) is 23.8 Å². The molecule has 76 valence electrons. The summed E-state index contributed by atoms with van der Waals surface area (Å²) in [5.41, 5.74) is 1.07. The number of carbonyl (C=O) groups is 1. The van der Waals surface area contributed by atoms with Gasteiger partial charge in [-0.25, -0.2) is 0 Å². The van der Waals surface area contributed by atoms with E-state index in [0.29, 0.717) is 0 Å². The first-order valence-corrected chi connectivity index (χ1v) is 5.60. The van der Waals surface area contributed by atoms with Crippen molar-refractivity contribution in [3.8, 4) is 0 Å². The Hall–Kier alpha value is -0.850. The van der Waals surface area contributed by atoms with Crippen molar-refractivity contribution in [2.45, 2.75) is 32.6 Å². The van der Waals surface area contributed by atoms with Gasteiger partial charge in [-0.1, -0.05) is 18.6 Å². The predicted octanol–water partition coefficient (Wildman–Crippen LogP) is 3.12. The van der Waals surface area contributed by atoms with Crippen molar-refractivity contribution in [1.29, 1.82) is 0 Å². The van der Waals surface area contributed by atoms with E-state index in [1.165, 1.54) is 25.7 Å². The van der Waals surface area contributed by atoms with E-state index >= 15 is 0 Å². The van der Waals surface area contributed by atoms with Crippen LogP contribution < -0.4 is 0 Å². The van der Waals surface area contributed by atoms with Crippen molar-refractivity contribution in [2.75, 3.05) is 0 Å². The molecule has 0 aromatic rings. The lowest BCUT2D eigenvalue weighted by Crippen LogP contribution is -2.06. The molecule has 0 heterocycles. The minimum atomic E-state index is 0.795. The van der Waals surface area contributed by atoms with Crippen LogP contribution in [0.4, 0.5) is 0 Å². The average Bonchev–Trinajstić information content (AvgIpc) is 2.76. The summed E-state index contributed by atoms with van der Waals surface area (Å²) >= 11 is 0. The molecule has 2 fully saturated rings. The fourth-order valence-corrected chi connectivity index (χ4v) is 2.97. The molecule has 0 unspecified atom stereocenters. The highest BCUT2D eigenvalue weighted by atomic mass is 16.1. The summed E-state index contributed by atoms with van der Waals surface area (Å²) in [6, 6.07) is 0. The van der Waals surface area contributed by atoms with E-state index in [2.05, 4.69) is 12.2 Å². The third-order valence-corrected chi connectivity index (χ3v) is 3.73. The number of carbonyl (C=O) groups excluding carboxylic acids is 1. The zero-order valence-electron chi connectivity index (χ0n) is 8.78. The van der Waals surface area contributed by atoms with Crippen LogP contribution in [0.15, 0.2) is 23.8 Å². The summed E-state index contributed by atoms with van der Waals surface area (Å²) in [5, 5.41) is 0. The molecule has 2 rings (SSSR count). The lowest BCUT2D eigenvalue weighted by Gasteiger charge is -2.17. The minimum absolute atomic E-state index is 0.795. The molecule has 1 nitrogen and oxygen atoms in total. The quantitative estimate of drug-likeness (QED) is 0.379. The largest absolute Gasteiger partial charge is 0.299 e. The summed E-state index contributed by atoms with van der Waals surface area (Å²) < 4.78 is 0. The van der Waals surface area contributed by atoms with Gasteiger partial charge >= 0.3 is 0 Å². The lowest BCUT2D eigenvalue weighted by atomic mass is 9.88. The Morgan fingerprint density at radius 1 is 1.29 bits per heavy atom. The average molecular weight is 190 g/mol. The standard InChI is InChI=1S/C13H18O/c1-10(6-7-14)2-4-12-8-11-3-5-13(12)9-11/h2,4,6-7,11-13H,3,5,8-9H2,1H3/b4-2+,10-6-/t11-,12-,13-/m0/s1. The summed E-state index contributed by atoms with van der Waals surface area (Å²) in [6.45, 7) is 1.98. The van der Waals surface area contributed by atoms with Gasteiger partial charge in [0.1, 0.15) is 6.29 Å². The van der Waals surface area contributed by atoms with Crippen LogP contribution in [0, 0.1) is 17.8 Å². The van der Waals surface area contributed by atoms with Crippen molar-refractivity contribution in [3.63, 3.8) is 0 Å². The van der Waals surface area contributed by atoms with E-state index in [4.69, 9.17) is 0 Å². The number of hydrogen-bond donors (Lipinski definition) is 0. The van der Waals surface area contributed by atoms with Crippen molar-refractivity contribution >= 4 is 6.29 Å². The Kier molecular flexibility index (Phi) is 2.85. The highest BCUT2D eigenvalue weighted by Crippen LogP contribution is 2.48. The summed E-state index contributed by atoms with van der Waals surface area (Å²) in [6.07, 6.45) is 12.6. The molecule has 0 aromatic heterocycles. The van der Waals surface area contributed by atoms with Gasteiger partial charge in [0, 0.05) is 0 Å². The molecule has 1 heteroatoms. The highest BCUT2D eigenvalue weighted by Gasteiger charge is 2.37. The molecule has 3 atom stereocenters. The Morgan fingerprint density at radius 3 is 2.71 bits per heavy atom. The topological polar surface area (TPSA) is 17.1 Å². The summed E-state index contributed by atoms with van der Waals surface area (Å²) in [4.78, 5) is 10.2. The van der Waals surface area contributed by atoms with Gasteiger partial charge in [0.2, 0.25) is 0 Å². The zero-order chi connectivity index (χ0) is 9.97. The van der Waals surface area contributed by atoms with Crippen LogP contribution in [0.25, 0.3) is 0 Å². The molecule has 2 aliphatic rings. The van der Waals surface area contributed by atoms with Gasteiger partial charge in [-0.2, -0.15) is 0 Å². The maximum absolute atomic E-state index is 10.2. The first kappa shape index (κ1) is 9.70. The molecule has 0 amide bonds. The molecule has 2 bridgehead atoms. The van der Waals surface area contributed by atoms with E-state index in [0.717, 1.165) is 29.6 Å². The first-order valence-electron chi connectivity index (χ1n) is 5.60. The van der Waals surface area contributed by atoms with Gasteiger partial charge in [0.05, 0.1) is 0 Å². The van der Waals surface area contributed by atoms with Crippen LogP contribution in [0.3, 0.4) is 0 Å². The molecule has 0 N–H and O–H groups in total. The van der Waals surface area contributed by atoms with Crippen LogP contribution >= 0.6 is 0 Å². The fourth-order valence-electron chi connectivity index (χ4n) is 2.97. The van der Waals surface area contributed by atoms with E-state index < -0.39 is 0 Å². The second-order valence-corrected chi connectivity index (χ2v) is 4.74.